The van der Waals surface area contributed by atoms with E-state index in [0.29, 0.717) is 19.4 Å². The van der Waals surface area contributed by atoms with E-state index in [-0.39, 0.29) is 23.7 Å². The van der Waals surface area contributed by atoms with Crippen molar-refractivity contribution >= 4 is 21.6 Å². The summed E-state index contributed by atoms with van der Waals surface area (Å²) in [6, 6.07) is 1.27. The second kappa shape index (κ2) is 6.38. The number of aromatic nitrogens is 1. The molecule has 1 saturated heterocycles. The maximum absolute atomic E-state index is 14.1. The van der Waals surface area contributed by atoms with Gasteiger partial charge in [0.05, 0.1) is 16.6 Å². The molecule has 21 heavy (non-hydrogen) atoms. The number of sulfone groups is 1. The summed E-state index contributed by atoms with van der Waals surface area (Å²) < 4.78 is 37.4. The predicted octanol–water partition coefficient (Wildman–Crippen LogP) is 0.960. The Morgan fingerprint density at radius 2 is 2.29 bits per heavy atom. The zero-order valence-electron chi connectivity index (χ0n) is 11.7. The van der Waals surface area contributed by atoms with Crippen molar-refractivity contribution in [2.75, 3.05) is 24.2 Å². The van der Waals surface area contributed by atoms with Gasteiger partial charge in [0.2, 0.25) is 0 Å². The second-order valence-electron chi connectivity index (χ2n) is 4.89. The largest absolute Gasteiger partial charge is 0.368 e. The van der Waals surface area contributed by atoms with Crippen LogP contribution in [0.3, 0.4) is 0 Å². The van der Waals surface area contributed by atoms with Gasteiger partial charge in [0.15, 0.2) is 21.5 Å². The molecule has 1 aromatic rings. The average Bonchev–Trinajstić information content (AvgIpc) is 2.77. The van der Waals surface area contributed by atoms with E-state index in [4.69, 9.17) is 0 Å². The van der Waals surface area contributed by atoms with Gasteiger partial charge in [-0.2, -0.15) is 0 Å². The van der Waals surface area contributed by atoms with Gasteiger partial charge in [-0.15, -0.1) is 0 Å². The fourth-order valence-corrected chi connectivity index (χ4v) is 4.06. The first-order valence-corrected chi connectivity index (χ1v) is 8.55. The topological polar surface area (TPSA) is 88.2 Å². The van der Waals surface area contributed by atoms with Gasteiger partial charge in [0.25, 0.3) is 5.91 Å². The molecule has 1 aliphatic rings. The first-order chi connectivity index (χ1) is 9.95. The first kappa shape index (κ1) is 15.7. The van der Waals surface area contributed by atoms with Gasteiger partial charge in [-0.1, -0.05) is 0 Å². The minimum absolute atomic E-state index is 0.0126. The SMILES string of the molecule is CCNc1nccc(C(=O)NCC2CCCS2(=O)=O)c1F. The van der Waals surface area contributed by atoms with Crippen LogP contribution in [0.1, 0.15) is 30.1 Å². The smallest absolute Gasteiger partial charge is 0.254 e. The van der Waals surface area contributed by atoms with Gasteiger partial charge < -0.3 is 10.6 Å². The molecule has 8 heteroatoms. The molecule has 2 N–H and O–H groups in total. The summed E-state index contributed by atoms with van der Waals surface area (Å²) >= 11 is 0. The highest BCUT2D eigenvalue weighted by molar-refractivity contribution is 7.92. The van der Waals surface area contributed by atoms with E-state index in [1.54, 1.807) is 6.92 Å². The molecule has 1 atom stereocenters. The lowest BCUT2D eigenvalue weighted by Gasteiger charge is -2.12. The lowest BCUT2D eigenvalue weighted by Crippen LogP contribution is -2.35. The van der Waals surface area contributed by atoms with E-state index in [9.17, 15) is 17.6 Å². The monoisotopic (exact) mass is 315 g/mol. The first-order valence-electron chi connectivity index (χ1n) is 6.84. The number of hydrogen-bond donors (Lipinski definition) is 2. The Morgan fingerprint density at radius 1 is 1.52 bits per heavy atom. The van der Waals surface area contributed by atoms with Gasteiger partial charge in [-0.25, -0.2) is 17.8 Å². The number of pyridine rings is 1. The van der Waals surface area contributed by atoms with Crippen LogP contribution in [0, 0.1) is 5.82 Å². The van der Waals surface area contributed by atoms with Crippen molar-refractivity contribution < 1.29 is 17.6 Å². The molecule has 116 valence electrons. The molecule has 2 rings (SSSR count). The number of amides is 1. The Morgan fingerprint density at radius 3 is 2.90 bits per heavy atom. The van der Waals surface area contributed by atoms with E-state index in [0.717, 1.165) is 0 Å². The predicted molar refractivity (Wildman–Crippen MR) is 77.5 cm³/mol. The molecule has 2 heterocycles. The van der Waals surface area contributed by atoms with Crippen LogP contribution in [0.4, 0.5) is 10.2 Å². The zero-order valence-corrected chi connectivity index (χ0v) is 12.5. The minimum atomic E-state index is -3.13. The fraction of sp³-hybridized carbons (Fsp3) is 0.538. The van der Waals surface area contributed by atoms with Crippen LogP contribution in [0.5, 0.6) is 0 Å². The van der Waals surface area contributed by atoms with Gasteiger partial charge in [0, 0.05) is 19.3 Å². The summed E-state index contributed by atoms with van der Waals surface area (Å²) in [6.07, 6.45) is 2.48. The van der Waals surface area contributed by atoms with Crippen LogP contribution in [0.2, 0.25) is 0 Å². The molecule has 0 bridgehead atoms. The Kier molecular flexibility index (Phi) is 4.76. The van der Waals surface area contributed by atoms with Gasteiger partial charge in [0.1, 0.15) is 0 Å². The van der Waals surface area contributed by atoms with Gasteiger partial charge in [-0.3, -0.25) is 4.79 Å². The number of rotatable bonds is 5. The van der Waals surface area contributed by atoms with Crippen molar-refractivity contribution in [3.8, 4) is 0 Å². The Hall–Kier alpha value is -1.70. The summed E-state index contributed by atoms with van der Waals surface area (Å²) in [5.41, 5.74) is -0.142. The molecule has 1 aliphatic heterocycles. The van der Waals surface area contributed by atoms with Crippen LogP contribution < -0.4 is 10.6 Å². The summed E-state index contributed by atoms with van der Waals surface area (Å²) in [4.78, 5) is 15.8. The van der Waals surface area contributed by atoms with Crippen molar-refractivity contribution in [3.05, 3.63) is 23.6 Å². The third-order valence-corrected chi connectivity index (χ3v) is 5.71. The Bertz CT molecular complexity index is 634. The molecule has 0 radical (unpaired) electrons. The van der Waals surface area contributed by atoms with Crippen LogP contribution in [-0.4, -0.2) is 43.4 Å². The van der Waals surface area contributed by atoms with E-state index in [2.05, 4.69) is 15.6 Å². The molecule has 0 saturated carbocycles. The molecular weight excluding hydrogens is 297 g/mol. The number of carbonyl (C=O) groups excluding carboxylic acids is 1. The molecule has 1 unspecified atom stereocenters. The molecule has 1 amide bonds. The minimum Gasteiger partial charge on any atom is -0.368 e. The number of carbonyl (C=O) groups is 1. The van der Waals surface area contributed by atoms with Crippen molar-refractivity contribution in [3.63, 3.8) is 0 Å². The van der Waals surface area contributed by atoms with Crippen molar-refractivity contribution in [1.29, 1.82) is 0 Å². The summed E-state index contributed by atoms with van der Waals surface area (Å²) in [7, 11) is -3.13. The number of halogens is 1. The molecule has 0 aromatic carbocycles. The van der Waals surface area contributed by atoms with Gasteiger partial charge >= 0.3 is 0 Å². The van der Waals surface area contributed by atoms with E-state index >= 15 is 0 Å². The van der Waals surface area contributed by atoms with E-state index in [1.165, 1.54) is 12.3 Å². The van der Waals surface area contributed by atoms with Crippen LogP contribution >= 0.6 is 0 Å². The normalized spacial score (nSPS) is 20.2. The summed E-state index contributed by atoms with van der Waals surface area (Å²) in [5, 5.41) is 4.64. The highest BCUT2D eigenvalue weighted by Crippen LogP contribution is 2.19. The molecule has 1 aromatic heterocycles. The highest BCUT2D eigenvalue weighted by Gasteiger charge is 2.31. The zero-order chi connectivity index (χ0) is 15.5. The number of anilines is 1. The maximum atomic E-state index is 14.1. The van der Waals surface area contributed by atoms with Crippen molar-refractivity contribution in [2.24, 2.45) is 0 Å². The molecular formula is C13H18FN3O3S. The molecule has 6 nitrogen and oxygen atoms in total. The maximum Gasteiger partial charge on any atom is 0.254 e. The number of nitrogens with zero attached hydrogens (tertiary/aromatic N) is 1. The standard InChI is InChI=1S/C13H18FN3O3S/c1-2-15-12-11(14)10(5-6-16-12)13(18)17-8-9-4-3-7-21(9,19)20/h5-6,9H,2-4,7-8H2,1H3,(H,15,16)(H,17,18). The van der Waals surface area contributed by atoms with Crippen LogP contribution in [0.15, 0.2) is 12.3 Å². The molecule has 1 fully saturated rings. The quantitative estimate of drug-likeness (QED) is 0.845. The van der Waals surface area contributed by atoms with E-state index < -0.39 is 26.8 Å². The fourth-order valence-electron chi connectivity index (χ4n) is 2.30. The Labute approximate surface area is 123 Å². The van der Waals surface area contributed by atoms with Gasteiger partial charge in [-0.05, 0) is 25.8 Å². The third-order valence-electron chi connectivity index (χ3n) is 3.43. The third kappa shape index (κ3) is 3.49. The lowest BCUT2D eigenvalue weighted by atomic mass is 10.2. The second-order valence-corrected chi connectivity index (χ2v) is 7.29. The highest BCUT2D eigenvalue weighted by atomic mass is 32.2. The summed E-state index contributed by atoms with van der Waals surface area (Å²) in [6.45, 7) is 2.29. The summed E-state index contributed by atoms with van der Waals surface area (Å²) in [5.74, 6) is -1.19. The lowest BCUT2D eigenvalue weighted by molar-refractivity contribution is 0.0949. The number of nitrogens with one attached hydrogen (secondary N) is 2. The number of hydrogen-bond acceptors (Lipinski definition) is 5. The van der Waals surface area contributed by atoms with Crippen LogP contribution in [-0.2, 0) is 9.84 Å². The van der Waals surface area contributed by atoms with Crippen LogP contribution in [0.25, 0.3) is 0 Å². The molecule has 0 aliphatic carbocycles. The van der Waals surface area contributed by atoms with Crippen molar-refractivity contribution in [1.82, 2.24) is 10.3 Å². The molecule has 0 spiro atoms. The van der Waals surface area contributed by atoms with Crippen molar-refractivity contribution in [2.45, 2.75) is 25.0 Å². The average molecular weight is 315 g/mol. The Balaban J connectivity index is 2.05. The van der Waals surface area contributed by atoms with E-state index in [1.807, 2.05) is 0 Å².